The second kappa shape index (κ2) is 6.46. The summed E-state index contributed by atoms with van der Waals surface area (Å²) >= 11 is 6.02. The first-order chi connectivity index (χ1) is 9.52. The van der Waals surface area contributed by atoms with Crippen LogP contribution in [0.4, 0.5) is 0 Å². The van der Waals surface area contributed by atoms with Crippen LogP contribution in [0.25, 0.3) is 0 Å². The molecule has 1 aromatic rings. The fourth-order valence-electron chi connectivity index (χ4n) is 2.11. The summed E-state index contributed by atoms with van der Waals surface area (Å²) in [6.45, 7) is 6.76. The molecule has 1 saturated heterocycles. The van der Waals surface area contributed by atoms with E-state index in [4.69, 9.17) is 16.3 Å². The molecule has 20 heavy (non-hydrogen) atoms. The molecule has 4 nitrogen and oxygen atoms in total. The monoisotopic (exact) mass is 295 g/mol. The molecule has 1 aliphatic heterocycles. The molecule has 5 heteroatoms. The first kappa shape index (κ1) is 15.1. The fourth-order valence-corrected chi connectivity index (χ4v) is 2.31. The van der Waals surface area contributed by atoms with E-state index < -0.39 is 0 Å². The summed E-state index contributed by atoms with van der Waals surface area (Å²) in [5.41, 5.74) is 1.36. The number of hydrogen-bond acceptors (Lipinski definition) is 2. The molecule has 110 valence electrons. The van der Waals surface area contributed by atoms with E-state index in [1.807, 2.05) is 18.2 Å². The van der Waals surface area contributed by atoms with Gasteiger partial charge in [0.1, 0.15) is 0 Å². The SMILES string of the molecule is CN=C(NCC1(C)COC1)NC(C)c1cccc(Cl)c1. The minimum absolute atomic E-state index is 0.144. The topological polar surface area (TPSA) is 45.7 Å². The van der Waals surface area contributed by atoms with Crippen molar-refractivity contribution in [2.75, 3.05) is 26.8 Å². The largest absolute Gasteiger partial charge is 0.380 e. The summed E-state index contributed by atoms with van der Waals surface area (Å²) in [7, 11) is 1.78. The first-order valence-corrected chi connectivity index (χ1v) is 7.21. The minimum Gasteiger partial charge on any atom is -0.380 e. The number of guanidine groups is 1. The maximum atomic E-state index is 6.02. The minimum atomic E-state index is 0.144. The molecule has 0 amide bonds. The van der Waals surface area contributed by atoms with Gasteiger partial charge < -0.3 is 15.4 Å². The first-order valence-electron chi connectivity index (χ1n) is 6.83. The molecule has 1 fully saturated rings. The van der Waals surface area contributed by atoms with Crippen LogP contribution in [0.3, 0.4) is 0 Å². The van der Waals surface area contributed by atoms with Crippen LogP contribution in [0.2, 0.25) is 5.02 Å². The van der Waals surface area contributed by atoms with E-state index >= 15 is 0 Å². The molecule has 0 aromatic heterocycles. The summed E-state index contributed by atoms with van der Waals surface area (Å²) in [5, 5.41) is 7.47. The van der Waals surface area contributed by atoms with Crippen molar-refractivity contribution in [1.29, 1.82) is 0 Å². The van der Waals surface area contributed by atoms with Crippen LogP contribution in [0.5, 0.6) is 0 Å². The molecule has 1 unspecified atom stereocenters. The molecule has 1 heterocycles. The molecule has 0 saturated carbocycles. The van der Waals surface area contributed by atoms with Crippen LogP contribution in [0, 0.1) is 5.41 Å². The number of ether oxygens (including phenoxy) is 1. The lowest BCUT2D eigenvalue weighted by Gasteiger charge is -2.38. The fraction of sp³-hybridized carbons (Fsp3) is 0.533. The van der Waals surface area contributed by atoms with Crippen molar-refractivity contribution in [2.45, 2.75) is 19.9 Å². The summed E-state index contributed by atoms with van der Waals surface area (Å²) < 4.78 is 5.25. The summed E-state index contributed by atoms with van der Waals surface area (Å²) in [6, 6.07) is 8.00. The van der Waals surface area contributed by atoms with Crippen LogP contribution in [-0.2, 0) is 4.74 Å². The average Bonchev–Trinajstić information content (AvgIpc) is 2.41. The maximum Gasteiger partial charge on any atom is 0.191 e. The second-order valence-electron chi connectivity index (χ2n) is 5.65. The van der Waals surface area contributed by atoms with Crippen LogP contribution >= 0.6 is 11.6 Å². The smallest absolute Gasteiger partial charge is 0.191 e. The van der Waals surface area contributed by atoms with Gasteiger partial charge in [-0.05, 0) is 24.6 Å². The number of nitrogens with one attached hydrogen (secondary N) is 2. The molecular formula is C15H22ClN3O. The van der Waals surface area contributed by atoms with E-state index in [0.29, 0.717) is 0 Å². The Kier molecular flexibility index (Phi) is 4.89. The summed E-state index contributed by atoms with van der Waals surface area (Å²) in [6.07, 6.45) is 0. The Balaban J connectivity index is 1.89. The van der Waals surface area contributed by atoms with Crippen molar-refractivity contribution in [3.8, 4) is 0 Å². The van der Waals surface area contributed by atoms with E-state index in [1.54, 1.807) is 7.05 Å². The molecule has 0 bridgehead atoms. The molecule has 0 spiro atoms. The third-order valence-corrected chi connectivity index (χ3v) is 3.74. The number of rotatable bonds is 4. The van der Waals surface area contributed by atoms with Gasteiger partial charge in [0.05, 0.1) is 19.3 Å². The van der Waals surface area contributed by atoms with Crippen LogP contribution < -0.4 is 10.6 Å². The van der Waals surface area contributed by atoms with Crippen molar-refractivity contribution in [3.63, 3.8) is 0 Å². The highest BCUT2D eigenvalue weighted by Gasteiger charge is 2.33. The molecule has 0 radical (unpaired) electrons. The van der Waals surface area contributed by atoms with Gasteiger partial charge in [-0.3, -0.25) is 4.99 Å². The Morgan fingerprint density at radius 2 is 2.25 bits per heavy atom. The van der Waals surface area contributed by atoms with Gasteiger partial charge in [-0.1, -0.05) is 30.7 Å². The van der Waals surface area contributed by atoms with Crippen LogP contribution in [-0.4, -0.2) is 32.8 Å². The normalized spacial score (nSPS) is 19.1. The van der Waals surface area contributed by atoms with Crippen LogP contribution in [0.15, 0.2) is 29.3 Å². The molecule has 1 atom stereocenters. The van der Waals surface area contributed by atoms with Gasteiger partial charge >= 0.3 is 0 Å². The Labute approximate surface area is 125 Å². The van der Waals surface area contributed by atoms with Gasteiger partial charge in [0.25, 0.3) is 0 Å². The number of hydrogen-bond donors (Lipinski definition) is 2. The Hall–Kier alpha value is -1.26. The van der Waals surface area contributed by atoms with Gasteiger partial charge in [0.2, 0.25) is 0 Å². The molecule has 2 N–H and O–H groups in total. The van der Waals surface area contributed by atoms with Gasteiger partial charge in [-0.25, -0.2) is 0 Å². The van der Waals surface area contributed by atoms with E-state index in [0.717, 1.165) is 36.3 Å². The maximum absolute atomic E-state index is 6.02. The van der Waals surface area contributed by atoms with Crippen molar-refractivity contribution < 1.29 is 4.74 Å². The van der Waals surface area contributed by atoms with E-state index in [9.17, 15) is 0 Å². The quantitative estimate of drug-likeness (QED) is 0.663. The third-order valence-electron chi connectivity index (χ3n) is 3.51. The predicted octanol–water partition coefficient (Wildman–Crippen LogP) is 2.60. The number of aliphatic imine (C=N–C) groups is 1. The molecule has 1 aromatic carbocycles. The van der Waals surface area contributed by atoms with Crippen molar-refractivity contribution >= 4 is 17.6 Å². The number of halogens is 1. The predicted molar refractivity (Wildman–Crippen MR) is 83.3 cm³/mol. The number of benzene rings is 1. The zero-order chi connectivity index (χ0) is 14.6. The molecule has 0 aliphatic carbocycles. The summed E-state index contributed by atoms with van der Waals surface area (Å²) in [4.78, 5) is 4.26. The lowest BCUT2D eigenvalue weighted by atomic mass is 9.89. The standard InChI is InChI=1S/C15H22ClN3O/c1-11(12-5-4-6-13(16)7-12)19-14(17-3)18-8-15(2)9-20-10-15/h4-7,11H,8-10H2,1-3H3,(H2,17,18,19). The highest BCUT2D eigenvalue weighted by molar-refractivity contribution is 6.30. The van der Waals surface area contributed by atoms with Gasteiger partial charge in [0, 0.05) is 24.0 Å². The molecule has 1 aliphatic rings. The lowest BCUT2D eigenvalue weighted by Crippen LogP contribution is -2.51. The number of nitrogens with zero attached hydrogens (tertiary/aromatic N) is 1. The second-order valence-corrected chi connectivity index (χ2v) is 6.09. The molecular weight excluding hydrogens is 274 g/mol. The Morgan fingerprint density at radius 3 is 2.80 bits per heavy atom. The summed E-state index contributed by atoms with van der Waals surface area (Å²) in [5.74, 6) is 0.797. The van der Waals surface area contributed by atoms with Gasteiger partial charge in [-0.2, -0.15) is 0 Å². The lowest BCUT2D eigenvalue weighted by molar-refractivity contribution is -0.0971. The third kappa shape index (κ3) is 3.87. The zero-order valence-electron chi connectivity index (χ0n) is 12.2. The van der Waals surface area contributed by atoms with Gasteiger partial charge in [0.15, 0.2) is 5.96 Å². The van der Waals surface area contributed by atoms with E-state index in [-0.39, 0.29) is 11.5 Å². The molecule has 2 rings (SSSR count). The highest BCUT2D eigenvalue weighted by atomic mass is 35.5. The Morgan fingerprint density at radius 1 is 1.50 bits per heavy atom. The van der Waals surface area contributed by atoms with Gasteiger partial charge in [-0.15, -0.1) is 0 Å². The zero-order valence-corrected chi connectivity index (χ0v) is 13.0. The van der Waals surface area contributed by atoms with Crippen molar-refractivity contribution in [2.24, 2.45) is 10.4 Å². The van der Waals surface area contributed by atoms with Crippen LogP contribution in [0.1, 0.15) is 25.5 Å². The average molecular weight is 296 g/mol. The van der Waals surface area contributed by atoms with Crippen molar-refractivity contribution in [1.82, 2.24) is 10.6 Å². The highest BCUT2D eigenvalue weighted by Crippen LogP contribution is 2.25. The van der Waals surface area contributed by atoms with Crippen molar-refractivity contribution in [3.05, 3.63) is 34.9 Å². The van der Waals surface area contributed by atoms with E-state index in [2.05, 4.69) is 35.5 Å². The van der Waals surface area contributed by atoms with E-state index in [1.165, 1.54) is 0 Å². The Bertz CT molecular complexity index is 486.